The van der Waals surface area contributed by atoms with Gasteiger partial charge in [-0.2, -0.15) is 0 Å². The maximum Gasteiger partial charge on any atom is 0.189 e. The highest BCUT2D eigenvalue weighted by Crippen LogP contribution is 2.14. The number of carbonyl (C=O) groups excluding carboxylic acids is 1. The number of nitrogens with zero attached hydrogens (tertiary/aromatic N) is 1. The number of ether oxygens (including phenoxy) is 1. The Morgan fingerprint density at radius 1 is 1.92 bits per heavy atom. The molecular formula is C8H10BrNO2. The fraction of sp³-hybridized carbons (Fsp3) is 0.500. The average molecular weight is 232 g/mol. The van der Waals surface area contributed by atoms with Crippen molar-refractivity contribution in [2.24, 2.45) is 4.99 Å². The molecule has 0 aromatic rings. The molecule has 66 valence electrons. The van der Waals surface area contributed by atoms with Crippen molar-refractivity contribution in [1.29, 1.82) is 0 Å². The van der Waals surface area contributed by atoms with Crippen molar-refractivity contribution in [2.45, 2.75) is 11.4 Å². The zero-order valence-corrected chi connectivity index (χ0v) is 8.37. The van der Waals surface area contributed by atoms with E-state index in [1.165, 1.54) is 7.11 Å². The predicted molar refractivity (Wildman–Crippen MR) is 50.8 cm³/mol. The van der Waals surface area contributed by atoms with Crippen molar-refractivity contribution < 1.29 is 9.53 Å². The van der Waals surface area contributed by atoms with Crippen LogP contribution in [0.2, 0.25) is 0 Å². The van der Waals surface area contributed by atoms with Crippen LogP contribution in [0.4, 0.5) is 0 Å². The molecule has 0 fully saturated rings. The lowest BCUT2D eigenvalue weighted by atomic mass is 10.1. The van der Waals surface area contributed by atoms with Crippen LogP contribution in [0.3, 0.4) is 0 Å². The molecule has 0 bridgehead atoms. The molecule has 1 atom stereocenters. The largest absolute Gasteiger partial charge is 0.377 e. The van der Waals surface area contributed by atoms with Gasteiger partial charge in [0.15, 0.2) is 5.78 Å². The van der Waals surface area contributed by atoms with Gasteiger partial charge < -0.3 is 4.74 Å². The number of rotatable bonds is 3. The lowest BCUT2D eigenvalue weighted by Crippen LogP contribution is -2.14. The quantitative estimate of drug-likeness (QED) is 0.543. The number of aliphatic imine (C=N–C) groups is 1. The van der Waals surface area contributed by atoms with Crippen molar-refractivity contribution in [3.05, 3.63) is 11.6 Å². The standard InChI is InChI=1S/C8H10BrNO2/c1-12-5-7(11)6-2-3-8(9)10-4-6/h2,4,8H,3,5H2,1H3. The van der Waals surface area contributed by atoms with E-state index >= 15 is 0 Å². The fourth-order valence-electron chi connectivity index (χ4n) is 0.899. The first-order valence-electron chi connectivity index (χ1n) is 3.63. The number of hydrogen-bond donors (Lipinski definition) is 0. The molecule has 1 aliphatic heterocycles. The molecule has 0 saturated heterocycles. The van der Waals surface area contributed by atoms with E-state index < -0.39 is 0 Å². The average Bonchev–Trinajstić information content (AvgIpc) is 2.06. The molecule has 0 aromatic carbocycles. The highest BCUT2D eigenvalue weighted by Gasteiger charge is 2.11. The maximum absolute atomic E-state index is 11.2. The van der Waals surface area contributed by atoms with E-state index in [2.05, 4.69) is 20.9 Å². The van der Waals surface area contributed by atoms with Crippen LogP contribution >= 0.6 is 15.9 Å². The molecule has 0 saturated carbocycles. The Bertz CT molecular complexity index is 235. The van der Waals surface area contributed by atoms with Crippen LogP contribution in [0.25, 0.3) is 0 Å². The van der Waals surface area contributed by atoms with E-state index in [0.29, 0.717) is 5.57 Å². The molecule has 1 heterocycles. The molecule has 1 rings (SSSR count). The molecule has 0 spiro atoms. The van der Waals surface area contributed by atoms with Crippen LogP contribution < -0.4 is 0 Å². The van der Waals surface area contributed by atoms with Gasteiger partial charge in [0.25, 0.3) is 0 Å². The summed E-state index contributed by atoms with van der Waals surface area (Å²) in [5.74, 6) is -0.0133. The van der Waals surface area contributed by atoms with Crippen molar-refractivity contribution in [2.75, 3.05) is 13.7 Å². The van der Waals surface area contributed by atoms with Gasteiger partial charge in [-0.05, 0) is 6.42 Å². The highest BCUT2D eigenvalue weighted by atomic mass is 79.9. The molecule has 0 aliphatic carbocycles. The second kappa shape index (κ2) is 4.52. The smallest absolute Gasteiger partial charge is 0.189 e. The highest BCUT2D eigenvalue weighted by molar-refractivity contribution is 9.09. The van der Waals surface area contributed by atoms with E-state index in [9.17, 15) is 4.79 Å². The summed E-state index contributed by atoms with van der Waals surface area (Å²) >= 11 is 3.32. The van der Waals surface area contributed by atoms with Gasteiger partial charge in [0.1, 0.15) is 11.6 Å². The fourth-order valence-corrected chi connectivity index (χ4v) is 1.20. The molecule has 1 unspecified atom stereocenters. The van der Waals surface area contributed by atoms with E-state index in [4.69, 9.17) is 4.74 Å². The third-order valence-corrected chi connectivity index (χ3v) is 2.12. The normalized spacial score (nSPS) is 22.2. The molecule has 4 heteroatoms. The predicted octanol–water partition coefficient (Wildman–Crippen LogP) is 1.32. The molecule has 12 heavy (non-hydrogen) atoms. The molecule has 0 amide bonds. The number of Topliss-reactive ketones (excluding diaryl/α,β-unsaturated/α-hetero) is 1. The third kappa shape index (κ3) is 2.53. The second-order valence-electron chi connectivity index (χ2n) is 2.46. The van der Waals surface area contributed by atoms with Crippen LogP contribution in [0.15, 0.2) is 16.6 Å². The lowest BCUT2D eigenvalue weighted by molar-refractivity contribution is -0.118. The summed E-state index contributed by atoms with van der Waals surface area (Å²) in [7, 11) is 1.51. The van der Waals surface area contributed by atoms with Gasteiger partial charge in [-0.15, -0.1) is 0 Å². The van der Waals surface area contributed by atoms with Gasteiger partial charge in [0.05, 0.1) is 0 Å². The van der Waals surface area contributed by atoms with Gasteiger partial charge in [-0.25, -0.2) is 0 Å². The van der Waals surface area contributed by atoms with Crippen LogP contribution in [0.5, 0.6) is 0 Å². The number of carbonyl (C=O) groups is 1. The SMILES string of the molecule is COCC(=O)C1=CCC(Br)N=C1. The van der Waals surface area contributed by atoms with E-state index in [1.807, 2.05) is 6.08 Å². The zero-order chi connectivity index (χ0) is 8.97. The minimum atomic E-state index is -0.0133. The maximum atomic E-state index is 11.2. The third-order valence-electron chi connectivity index (χ3n) is 1.51. The number of dihydropyridines is 1. The Hall–Kier alpha value is -0.480. The summed E-state index contributed by atoms with van der Waals surface area (Å²) < 4.78 is 4.72. The van der Waals surface area contributed by atoms with Crippen LogP contribution in [0, 0.1) is 0 Å². The molecule has 0 N–H and O–H groups in total. The molecule has 3 nitrogen and oxygen atoms in total. The van der Waals surface area contributed by atoms with Crippen molar-refractivity contribution in [1.82, 2.24) is 0 Å². The van der Waals surface area contributed by atoms with Crippen LogP contribution in [-0.2, 0) is 9.53 Å². The van der Waals surface area contributed by atoms with E-state index in [-0.39, 0.29) is 17.3 Å². The van der Waals surface area contributed by atoms with Gasteiger partial charge in [-0.3, -0.25) is 9.79 Å². The summed E-state index contributed by atoms with van der Waals surface area (Å²) in [6.07, 6.45) is 4.22. The Balaban J connectivity index is 2.54. The molecule has 0 aromatic heterocycles. The molecular weight excluding hydrogens is 222 g/mol. The van der Waals surface area contributed by atoms with Crippen molar-refractivity contribution in [3.8, 4) is 0 Å². The first kappa shape index (κ1) is 9.61. The summed E-state index contributed by atoms with van der Waals surface area (Å²) in [5, 5.41) is 0. The Morgan fingerprint density at radius 2 is 2.67 bits per heavy atom. The first-order chi connectivity index (χ1) is 5.74. The Kier molecular flexibility index (Phi) is 3.62. The summed E-state index contributed by atoms with van der Waals surface area (Å²) in [6.45, 7) is 0.130. The van der Waals surface area contributed by atoms with Crippen molar-refractivity contribution >= 4 is 27.9 Å². The number of ketones is 1. The minimum absolute atomic E-state index is 0.0133. The number of alkyl halides is 1. The molecule has 1 aliphatic rings. The van der Waals surface area contributed by atoms with Crippen LogP contribution in [-0.4, -0.2) is 30.7 Å². The zero-order valence-electron chi connectivity index (χ0n) is 6.79. The summed E-state index contributed by atoms with van der Waals surface area (Å²) in [6, 6.07) is 0. The lowest BCUT2D eigenvalue weighted by Gasteiger charge is -2.08. The summed E-state index contributed by atoms with van der Waals surface area (Å²) in [5.41, 5.74) is 0.646. The summed E-state index contributed by atoms with van der Waals surface area (Å²) in [4.78, 5) is 15.4. The number of halogens is 1. The van der Waals surface area contributed by atoms with Gasteiger partial charge >= 0.3 is 0 Å². The topological polar surface area (TPSA) is 38.7 Å². The van der Waals surface area contributed by atoms with Gasteiger partial charge in [-0.1, -0.05) is 22.0 Å². The van der Waals surface area contributed by atoms with Gasteiger partial charge in [0, 0.05) is 18.9 Å². The van der Waals surface area contributed by atoms with Crippen molar-refractivity contribution in [3.63, 3.8) is 0 Å². The Morgan fingerprint density at radius 3 is 3.17 bits per heavy atom. The van der Waals surface area contributed by atoms with E-state index in [1.54, 1.807) is 6.21 Å². The van der Waals surface area contributed by atoms with Gasteiger partial charge in [0.2, 0.25) is 0 Å². The number of hydrogen-bond acceptors (Lipinski definition) is 3. The Labute approximate surface area is 79.6 Å². The van der Waals surface area contributed by atoms with Crippen LogP contribution in [0.1, 0.15) is 6.42 Å². The first-order valence-corrected chi connectivity index (χ1v) is 4.55. The second-order valence-corrected chi connectivity index (χ2v) is 3.52. The number of methoxy groups -OCH3 is 1. The molecule has 0 radical (unpaired) electrons. The monoisotopic (exact) mass is 231 g/mol. The minimum Gasteiger partial charge on any atom is -0.377 e. The van der Waals surface area contributed by atoms with E-state index in [0.717, 1.165) is 6.42 Å².